The molecule has 7 heteroatoms. The topological polar surface area (TPSA) is 92.9 Å². The molecule has 2 aromatic rings. The van der Waals surface area contributed by atoms with E-state index in [-0.39, 0.29) is 0 Å². The predicted octanol–water partition coefficient (Wildman–Crippen LogP) is 0.937. The largest absolute Gasteiger partial charge is 0.480 e. The number of hydrogen-bond donors (Lipinski definition) is 2. The van der Waals surface area contributed by atoms with Crippen molar-refractivity contribution in [1.29, 1.82) is 0 Å². The van der Waals surface area contributed by atoms with E-state index in [2.05, 4.69) is 20.8 Å². The van der Waals surface area contributed by atoms with Gasteiger partial charge in [-0.1, -0.05) is 19.1 Å². The first-order chi connectivity index (χ1) is 8.72. The van der Waals surface area contributed by atoms with Gasteiger partial charge in [0.1, 0.15) is 12.4 Å². The lowest BCUT2D eigenvalue weighted by Gasteiger charge is -2.16. The number of nitrogens with one attached hydrogen (secondary N) is 1. The highest BCUT2D eigenvalue weighted by molar-refractivity contribution is 5.78. The quantitative estimate of drug-likeness (QED) is 0.816. The minimum absolute atomic E-state index is 0.485. The maximum Gasteiger partial charge on any atom is 0.326 e. The summed E-state index contributed by atoms with van der Waals surface area (Å²) in [5.74, 6) is -0.885. The van der Waals surface area contributed by atoms with Gasteiger partial charge in [0.25, 0.3) is 0 Å². The Hall–Kier alpha value is -2.44. The molecule has 2 rings (SSSR count). The lowest BCUT2D eigenvalue weighted by Crippen LogP contribution is -2.28. The third kappa shape index (κ3) is 2.45. The molecule has 18 heavy (non-hydrogen) atoms. The summed E-state index contributed by atoms with van der Waals surface area (Å²) in [5.41, 5.74) is 1.39. The number of carbonyl (C=O) groups is 1. The third-order valence-electron chi connectivity index (χ3n) is 2.54. The molecule has 2 N–H and O–H groups in total. The van der Waals surface area contributed by atoms with Crippen molar-refractivity contribution in [2.45, 2.75) is 19.4 Å². The van der Waals surface area contributed by atoms with Crippen LogP contribution in [0.5, 0.6) is 0 Å². The molecule has 1 unspecified atom stereocenters. The highest BCUT2D eigenvalue weighted by atomic mass is 16.4. The first-order valence-electron chi connectivity index (χ1n) is 5.54. The normalized spacial score (nSPS) is 12.1. The Bertz CT molecular complexity index is 526. The van der Waals surface area contributed by atoms with Gasteiger partial charge in [0, 0.05) is 0 Å². The van der Waals surface area contributed by atoms with Crippen LogP contribution in [0.4, 0.5) is 5.69 Å². The molecular weight excluding hydrogens is 234 g/mol. The van der Waals surface area contributed by atoms with Crippen LogP contribution in [0.1, 0.15) is 13.3 Å². The van der Waals surface area contributed by atoms with Gasteiger partial charge in [0.05, 0.1) is 11.4 Å². The molecule has 0 aliphatic carbocycles. The maximum absolute atomic E-state index is 11.0. The zero-order chi connectivity index (χ0) is 13.0. The number of anilines is 1. The maximum atomic E-state index is 11.0. The average Bonchev–Trinajstić information content (AvgIpc) is 2.89. The molecule has 1 aromatic carbocycles. The van der Waals surface area contributed by atoms with Crippen molar-refractivity contribution < 1.29 is 9.90 Å². The molecule has 0 fully saturated rings. The number of nitrogens with zero attached hydrogens (tertiary/aromatic N) is 4. The molecule has 0 saturated carbocycles. The van der Waals surface area contributed by atoms with Gasteiger partial charge in [-0.05, 0) is 29.0 Å². The Morgan fingerprint density at radius 2 is 2.28 bits per heavy atom. The fourth-order valence-corrected chi connectivity index (χ4v) is 1.59. The fourth-order valence-electron chi connectivity index (χ4n) is 1.59. The van der Waals surface area contributed by atoms with Crippen molar-refractivity contribution in [3.8, 4) is 5.69 Å². The molecule has 0 spiro atoms. The zero-order valence-corrected chi connectivity index (χ0v) is 9.82. The van der Waals surface area contributed by atoms with Gasteiger partial charge < -0.3 is 10.4 Å². The van der Waals surface area contributed by atoms with Crippen molar-refractivity contribution in [3.63, 3.8) is 0 Å². The predicted molar refractivity (Wildman–Crippen MR) is 64.5 cm³/mol. The van der Waals surface area contributed by atoms with Crippen molar-refractivity contribution in [2.75, 3.05) is 5.32 Å². The highest BCUT2D eigenvalue weighted by Gasteiger charge is 2.16. The standard InChI is InChI=1S/C11H13N5O2/c1-2-8(11(17)18)13-9-5-3-4-6-10(9)16-7-12-14-15-16/h3-8,13H,2H2,1H3,(H,17,18). The number of carboxylic acids is 1. The van der Waals surface area contributed by atoms with E-state index in [1.807, 2.05) is 25.1 Å². The van der Waals surface area contributed by atoms with Crippen LogP contribution in [-0.4, -0.2) is 37.3 Å². The zero-order valence-electron chi connectivity index (χ0n) is 9.82. The molecule has 0 aliphatic rings. The smallest absolute Gasteiger partial charge is 0.326 e. The minimum atomic E-state index is -0.885. The summed E-state index contributed by atoms with van der Waals surface area (Å²) in [6.07, 6.45) is 1.95. The SMILES string of the molecule is CCC(Nc1ccccc1-n1cnnn1)C(=O)O. The van der Waals surface area contributed by atoms with Crippen LogP contribution >= 0.6 is 0 Å². The van der Waals surface area contributed by atoms with Gasteiger partial charge in [-0.3, -0.25) is 0 Å². The molecule has 94 valence electrons. The highest BCUT2D eigenvalue weighted by Crippen LogP contribution is 2.19. The Balaban J connectivity index is 2.31. The summed E-state index contributed by atoms with van der Waals surface area (Å²) in [6.45, 7) is 1.81. The Kier molecular flexibility index (Phi) is 3.52. The lowest BCUT2D eigenvalue weighted by molar-refractivity contribution is -0.137. The summed E-state index contributed by atoms with van der Waals surface area (Å²) >= 11 is 0. The van der Waals surface area contributed by atoms with E-state index in [1.165, 1.54) is 11.0 Å². The van der Waals surface area contributed by atoms with Gasteiger partial charge in [0.2, 0.25) is 0 Å². The third-order valence-corrected chi connectivity index (χ3v) is 2.54. The summed E-state index contributed by atoms with van der Waals surface area (Å²) in [4.78, 5) is 11.0. The number of aliphatic carboxylic acids is 1. The van der Waals surface area contributed by atoms with Crippen LogP contribution in [0, 0.1) is 0 Å². The van der Waals surface area contributed by atoms with E-state index in [1.54, 1.807) is 6.07 Å². The second kappa shape index (κ2) is 5.26. The number of para-hydroxylation sites is 2. The molecule has 0 aliphatic heterocycles. The number of tetrazole rings is 1. The van der Waals surface area contributed by atoms with Gasteiger partial charge in [-0.15, -0.1) is 5.10 Å². The molecule has 1 heterocycles. The molecule has 1 aromatic heterocycles. The first kappa shape index (κ1) is 12.0. The van der Waals surface area contributed by atoms with Crippen molar-refractivity contribution in [3.05, 3.63) is 30.6 Å². The van der Waals surface area contributed by atoms with Gasteiger partial charge in [-0.25, -0.2) is 4.79 Å². The van der Waals surface area contributed by atoms with Gasteiger partial charge in [-0.2, -0.15) is 4.68 Å². The van der Waals surface area contributed by atoms with E-state index >= 15 is 0 Å². The van der Waals surface area contributed by atoms with Crippen molar-refractivity contribution >= 4 is 11.7 Å². The number of carboxylic acid groups (broad SMARTS) is 1. The summed E-state index contributed by atoms with van der Waals surface area (Å²) in [6, 6.07) is 6.63. The number of benzene rings is 1. The number of aromatic nitrogens is 4. The summed E-state index contributed by atoms with van der Waals surface area (Å²) in [5, 5.41) is 22.9. The number of rotatable bonds is 5. The first-order valence-corrected chi connectivity index (χ1v) is 5.54. The Morgan fingerprint density at radius 3 is 2.89 bits per heavy atom. The Morgan fingerprint density at radius 1 is 1.50 bits per heavy atom. The molecular formula is C11H13N5O2. The van der Waals surface area contributed by atoms with E-state index in [0.717, 1.165) is 0 Å². The molecule has 1 atom stereocenters. The molecule has 0 radical (unpaired) electrons. The average molecular weight is 247 g/mol. The van der Waals surface area contributed by atoms with Gasteiger partial charge in [0.15, 0.2) is 0 Å². The van der Waals surface area contributed by atoms with E-state index in [0.29, 0.717) is 17.8 Å². The minimum Gasteiger partial charge on any atom is -0.480 e. The van der Waals surface area contributed by atoms with E-state index in [4.69, 9.17) is 5.11 Å². The van der Waals surface area contributed by atoms with Crippen LogP contribution in [0.2, 0.25) is 0 Å². The monoisotopic (exact) mass is 247 g/mol. The van der Waals surface area contributed by atoms with Crippen molar-refractivity contribution in [2.24, 2.45) is 0 Å². The van der Waals surface area contributed by atoms with Gasteiger partial charge >= 0.3 is 5.97 Å². The van der Waals surface area contributed by atoms with E-state index in [9.17, 15) is 4.79 Å². The van der Waals surface area contributed by atoms with Crippen LogP contribution in [0.25, 0.3) is 5.69 Å². The lowest BCUT2D eigenvalue weighted by atomic mass is 10.2. The Labute approximate surface area is 103 Å². The van der Waals surface area contributed by atoms with Crippen molar-refractivity contribution in [1.82, 2.24) is 20.2 Å². The second-order valence-electron chi connectivity index (χ2n) is 3.71. The molecule has 0 bridgehead atoms. The van der Waals surface area contributed by atoms with Crippen LogP contribution in [0.15, 0.2) is 30.6 Å². The van der Waals surface area contributed by atoms with Crippen LogP contribution in [0.3, 0.4) is 0 Å². The fraction of sp³-hybridized carbons (Fsp3) is 0.273. The number of hydrogen-bond acceptors (Lipinski definition) is 5. The van der Waals surface area contributed by atoms with Crippen LogP contribution in [-0.2, 0) is 4.79 Å². The summed E-state index contributed by atoms with van der Waals surface area (Å²) in [7, 11) is 0. The summed E-state index contributed by atoms with van der Waals surface area (Å²) < 4.78 is 1.48. The van der Waals surface area contributed by atoms with Crippen LogP contribution < -0.4 is 5.32 Å². The van der Waals surface area contributed by atoms with E-state index < -0.39 is 12.0 Å². The molecule has 0 saturated heterocycles. The second-order valence-corrected chi connectivity index (χ2v) is 3.71. The molecule has 0 amide bonds. The molecule has 7 nitrogen and oxygen atoms in total.